The van der Waals surface area contributed by atoms with Gasteiger partial charge in [-0.2, -0.15) is 0 Å². The molecule has 0 unspecified atom stereocenters. The molecule has 1 amide bonds. The molecule has 5 heteroatoms. The standard InChI is InChI=1S/C28H29NO4/c1-27(2,3)22-12-9-18(10-13-22)23-15-19(11-14-24(23)33-4)25(30)29-28(26(31)32)16-20-7-5-6-8-21(20)17-28/h5-15H,16-17H2,1-4H3,(H,29,30)(H,31,32). The Morgan fingerprint density at radius 1 is 0.939 bits per heavy atom. The minimum Gasteiger partial charge on any atom is -0.496 e. The number of ether oxygens (including phenoxy) is 1. The van der Waals surface area contributed by atoms with Crippen molar-refractivity contribution in [1.29, 1.82) is 0 Å². The smallest absolute Gasteiger partial charge is 0.330 e. The number of carbonyl (C=O) groups is 2. The number of nitrogens with one attached hydrogen (secondary N) is 1. The van der Waals surface area contributed by atoms with Gasteiger partial charge >= 0.3 is 5.97 Å². The number of fused-ring (bicyclic) bond motifs is 1. The first-order valence-electron chi connectivity index (χ1n) is 11.0. The van der Waals surface area contributed by atoms with Gasteiger partial charge in [0, 0.05) is 24.0 Å². The van der Waals surface area contributed by atoms with Crippen LogP contribution in [0.3, 0.4) is 0 Å². The largest absolute Gasteiger partial charge is 0.496 e. The molecule has 0 bridgehead atoms. The van der Waals surface area contributed by atoms with Crippen molar-refractivity contribution in [3.63, 3.8) is 0 Å². The molecule has 3 aromatic carbocycles. The maximum absolute atomic E-state index is 13.2. The summed E-state index contributed by atoms with van der Waals surface area (Å²) in [5, 5.41) is 12.8. The summed E-state index contributed by atoms with van der Waals surface area (Å²) in [7, 11) is 1.59. The van der Waals surface area contributed by atoms with Gasteiger partial charge in [-0.1, -0.05) is 69.3 Å². The van der Waals surface area contributed by atoms with Crippen molar-refractivity contribution >= 4 is 11.9 Å². The van der Waals surface area contributed by atoms with Crippen molar-refractivity contribution in [2.45, 2.75) is 44.6 Å². The van der Waals surface area contributed by atoms with Gasteiger partial charge in [0.2, 0.25) is 0 Å². The second kappa shape index (κ2) is 8.39. The minimum atomic E-state index is -1.35. The van der Waals surface area contributed by atoms with Crippen LogP contribution in [-0.4, -0.2) is 29.6 Å². The van der Waals surface area contributed by atoms with Crippen LogP contribution >= 0.6 is 0 Å². The molecule has 4 rings (SSSR count). The van der Waals surface area contributed by atoms with Gasteiger partial charge in [-0.05, 0) is 45.9 Å². The number of rotatable bonds is 5. The topological polar surface area (TPSA) is 75.6 Å². The van der Waals surface area contributed by atoms with Crippen LogP contribution in [0, 0.1) is 0 Å². The van der Waals surface area contributed by atoms with Crippen LogP contribution in [0.4, 0.5) is 0 Å². The summed E-state index contributed by atoms with van der Waals surface area (Å²) >= 11 is 0. The molecule has 1 aliphatic rings. The van der Waals surface area contributed by atoms with Crippen LogP contribution in [0.1, 0.15) is 47.8 Å². The van der Waals surface area contributed by atoms with E-state index >= 15 is 0 Å². The Hall–Kier alpha value is -3.60. The van der Waals surface area contributed by atoms with E-state index in [1.807, 2.05) is 36.4 Å². The van der Waals surface area contributed by atoms with Gasteiger partial charge in [0.15, 0.2) is 0 Å². The highest BCUT2D eigenvalue weighted by atomic mass is 16.5. The van der Waals surface area contributed by atoms with Gasteiger partial charge in [-0.25, -0.2) is 4.79 Å². The zero-order chi connectivity index (χ0) is 23.8. The first kappa shape index (κ1) is 22.6. The van der Waals surface area contributed by atoms with Crippen molar-refractivity contribution in [1.82, 2.24) is 5.32 Å². The summed E-state index contributed by atoms with van der Waals surface area (Å²) in [5.41, 5.74) is 3.90. The molecule has 0 spiro atoms. The molecule has 0 atom stereocenters. The Balaban J connectivity index is 1.64. The highest BCUT2D eigenvalue weighted by molar-refractivity contribution is 5.99. The fourth-order valence-corrected chi connectivity index (χ4v) is 4.42. The van der Waals surface area contributed by atoms with E-state index < -0.39 is 17.4 Å². The molecule has 0 saturated heterocycles. The average Bonchev–Trinajstić information content (AvgIpc) is 3.17. The Morgan fingerprint density at radius 3 is 2.06 bits per heavy atom. The van der Waals surface area contributed by atoms with E-state index in [-0.39, 0.29) is 18.3 Å². The van der Waals surface area contributed by atoms with Gasteiger partial charge in [0.1, 0.15) is 11.3 Å². The lowest BCUT2D eigenvalue weighted by atomic mass is 9.86. The zero-order valence-corrected chi connectivity index (χ0v) is 19.4. The molecule has 5 nitrogen and oxygen atoms in total. The molecule has 0 heterocycles. The summed E-state index contributed by atoms with van der Waals surface area (Å²) in [6, 6.07) is 21.0. The number of methoxy groups -OCH3 is 1. The number of carboxylic acids is 1. The van der Waals surface area contributed by atoms with E-state index in [1.54, 1.807) is 25.3 Å². The molecule has 3 aromatic rings. The predicted octanol–water partition coefficient (Wildman–Crippen LogP) is 5.01. The second-order valence-electron chi connectivity index (χ2n) is 9.71. The third-order valence-corrected chi connectivity index (χ3v) is 6.39. The van der Waals surface area contributed by atoms with Crippen LogP contribution < -0.4 is 10.1 Å². The summed E-state index contributed by atoms with van der Waals surface area (Å²) in [5.74, 6) is -0.796. The Labute approximate surface area is 194 Å². The maximum Gasteiger partial charge on any atom is 0.330 e. The van der Waals surface area contributed by atoms with Gasteiger partial charge in [-0.15, -0.1) is 0 Å². The third-order valence-electron chi connectivity index (χ3n) is 6.39. The van der Waals surface area contributed by atoms with Crippen LogP contribution in [0.2, 0.25) is 0 Å². The summed E-state index contributed by atoms with van der Waals surface area (Å²) in [4.78, 5) is 25.4. The molecule has 1 aliphatic carbocycles. The van der Waals surface area contributed by atoms with Crippen molar-refractivity contribution in [3.8, 4) is 16.9 Å². The number of benzene rings is 3. The van der Waals surface area contributed by atoms with Crippen molar-refractivity contribution in [2.24, 2.45) is 0 Å². The lowest BCUT2D eigenvalue weighted by Gasteiger charge is -2.25. The van der Waals surface area contributed by atoms with Crippen LogP contribution in [0.25, 0.3) is 11.1 Å². The van der Waals surface area contributed by atoms with Gasteiger partial charge in [0.05, 0.1) is 7.11 Å². The maximum atomic E-state index is 13.2. The van der Waals surface area contributed by atoms with Crippen molar-refractivity contribution < 1.29 is 19.4 Å². The third kappa shape index (κ3) is 4.36. The SMILES string of the molecule is COc1ccc(C(=O)NC2(C(=O)O)Cc3ccccc3C2)cc1-c1ccc(C(C)(C)C)cc1. The summed E-state index contributed by atoms with van der Waals surface area (Å²) in [6.45, 7) is 6.48. The lowest BCUT2D eigenvalue weighted by molar-refractivity contribution is -0.144. The number of amides is 1. The molecular formula is C28H29NO4. The lowest BCUT2D eigenvalue weighted by Crippen LogP contribution is -2.55. The average molecular weight is 444 g/mol. The Bertz CT molecular complexity index is 1180. The molecular weight excluding hydrogens is 414 g/mol. The Morgan fingerprint density at radius 2 is 1.55 bits per heavy atom. The quantitative estimate of drug-likeness (QED) is 0.581. The van der Waals surface area contributed by atoms with Gasteiger partial charge in [0.25, 0.3) is 5.91 Å². The minimum absolute atomic E-state index is 0.0361. The van der Waals surface area contributed by atoms with Crippen molar-refractivity contribution in [2.75, 3.05) is 7.11 Å². The van der Waals surface area contributed by atoms with E-state index in [0.717, 1.165) is 22.3 Å². The highest BCUT2D eigenvalue weighted by Crippen LogP contribution is 2.34. The highest BCUT2D eigenvalue weighted by Gasteiger charge is 2.45. The van der Waals surface area contributed by atoms with E-state index in [1.165, 1.54) is 5.56 Å². The zero-order valence-electron chi connectivity index (χ0n) is 19.4. The summed E-state index contributed by atoms with van der Waals surface area (Å²) in [6.07, 6.45) is 0.531. The number of carboxylic acid groups (broad SMARTS) is 1. The van der Waals surface area contributed by atoms with E-state index in [2.05, 4.69) is 38.2 Å². The molecule has 33 heavy (non-hydrogen) atoms. The number of hydrogen-bond acceptors (Lipinski definition) is 3. The normalized spacial score (nSPS) is 14.4. The summed E-state index contributed by atoms with van der Waals surface area (Å²) < 4.78 is 5.54. The fraction of sp³-hybridized carbons (Fsp3) is 0.286. The van der Waals surface area contributed by atoms with Crippen molar-refractivity contribution in [3.05, 3.63) is 89.0 Å². The first-order valence-corrected chi connectivity index (χ1v) is 11.0. The number of carbonyl (C=O) groups excluding carboxylic acids is 1. The number of hydrogen-bond donors (Lipinski definition) is 2. The molecule has 0 saturated carbocycles. The van der Waals surface area contributed by atoms with Crippen LogP contribution in [0.15, 0.2) is 66.7 Å². The van der Waals surface area contributed by atoms with Crippen LogP contribution in [0.5, 0.6) is 5.75 Å². The first-order chi connectivity index (χ1) is 15.6. The fourth-order valence-electron chi connectivity index (χ4n) is 4.42. The van der Waals surface area contributed by atoms with Gasteiger partial charge < -0.3 is 15.2 Å². The van der Waals surface area contributed by atoms with Crippen LogP contribution in [-0.2, 0) is 23.1 Å². The monoisotopic (exact) mass is 443 g/mol. The van der Waals surface area contributed by atoms with E-state index in [4.69, 9.17) is 4.74 Å². The molecule has 0 aromatic heterocycles. The predicted molar refractivity (Wildman–Crippen MR) is 129 cm³/mol. The molecule has 0 fully saturated rings. The second-order valence-corrected chi connectivity index (χ2v) is 9.71. The molecule has 0 aliphatic heterocycles. The number of aliphatic carboxylic acids is 1. The Kier molecular flexibility index (Phi) is 5.75. The molecule has 170 valence electrons. The van der Waals surface area contributed by atoms with E-state index in [0.29, 0.717) is 11.3 Å². The molecule has 0 radical (unpaired) electrons. The molecule has 2 N–H and O–H groups in total. The van der Waals surface area contributed by atoms with E-state index in [9.17, 15) is 14.7 Å². The van der Waals surface area contributed by atoms with Gasteiger partial charge in [-0.3, -0.25) is 4.79 Å².